The summed E-state index contributed by atoms with van der Waals surface area (Å²) in [6, 6.07) is 15.1. The first-order valence-corrected chi connectivity index (χ1v) is 11.3. The summed E-state index contributed by atoms with van der Waals surface area (Å²) in [5, 5.41) is 10.3. The lowest BCUT2D eigenvalue weighted by Crippen LogP contribution is -2.14. The number of aliphatic carboxylic acids is 1. The molecule has 0 atom stereocenters. The number of aromatic nitrogens is 2. The molecule has 0 radical (unpaired) electrons. The molecular formula is C25H16N2O7S. The second-order valence-corrected chi connectivity index (χ2v) is 8.42. The van der Waals surface area contributed by atoms with Crippen LogP contribution in [0.25, 0.3) is 16.6 Å². The molecule has 0 spiro atoms. The van der Waals surface area contributed by atoms with Crippen molar-refractivity contribution in [2.75, 3.05) is 13.6 Å². The quantitative estimate of drug-likeness (QED) is 0.316. The summed E-state index contributed by atoms with van der Waals surface area (Å²) in [5.41, 5.74) is 2.57. The van der Waals surface area contributed by atoms with Crippen molar-refractivity contribution < 1.29 is 33.6 Å². The molecule has 9 nitrogen and oxygen atoms in total. The number of Topliss-reactive ketones (excluding diaryl/α,β-unsaturated/α-hetero) is 1. The summed E-state index contributed by atoms with van der Waals surface area (Å²) in [6.07, 6.45) is 0.0545. The van der Waals surface area contributed by atoms with Crippen LogP contribution in [0.5, 0.6) is 23.0 Å². The van der Waals surface area contributed by atoms with Gasteiger partial charge in [0.25, 0.3) is 0 Å². The van der Waals surface area contributed by atoms with Crippen LogP contribution in [-0.2, 0) is 11.2 Å². The molecule has 35 heavy (non-hydrogen) atoms. The van der Waals surface area contributed by atoms with Crippen molar-refractivity contribution in [3.63, 3.8) is 0 Å². The minimum atomic E-state index is -1.22. The van der Waals surface area contributed by atoms with Crippen LogP contribution in [0, 0.1) is 0 Å². The van der Waals surface area contributed by atoms with Gasteiger partial charge in [0.15, 0.2) is 28.8 Å². The van der Waals surface area contributed by atoms with Crippen molar-refractivity contribution in [3.8, 4) is 23.0 Å². The third-order valence-corrected chi connectivity index (χ3v) is 6.34. The number of carbonyl (C=O) groups is 2. The molecule has 6 rings (SSSR count). The molecule has 0 unspecified atom stereocenters. The minimum absolute atomic E-state index is 0.0545. The first kappa shape index (κ1) is 21.1. The Bertz CT molecular complexity index is 1540. The summed E-state index contributed by atoms with van der Waals surface area (Å²) in [7, 11) is 0. The molecule has 0 saturated heterocycles. The van der Waals surface area contributed by atoms with E-state index in [0.29, 0.717) is 50.7 Å². The highest BCUT2D eigenvalue weighted by Gasteiger charge is 2.26. The highest BCUT2D eigenvalue weighted by atomic mass is 32.1. The van der Waals surface area contributed by atoms with E-state index in [1.165, 1.54) is 0 Å². The molecule has 0 amide bonds. The van der Waals surface area contributed by atoms with E-state index < -0.39 is 11.8 Å². The number of carboxylic acid groups (broad SMARTS) is 1. The molecule has 174 valence electrons. The second-order valence-electron chi connectivity index (χ2n) is 7.89. The van der Waals surface area contributed by atoms with Gasteiger partial charge in [-0.15, -0.1) is 0 Å². The molecule has 2 aliphatic rings. The maximum Gasteiger partial charge on any atom is 0.336 e. The zero-order chi connectivity index (χ0) is 23.9. The van der Waals surface area contributed by atoms with Gasteiger partial charge in [0, 0.05) is 17.6 Å². The fraction of sp³-hybridized carbons (Fsp3) is 0.120. The molecule has 10 heteroatoms. The lowest BCUT2D eigenvalue weighted by Gasteiger charge is -2.14. The van der Waals surface area contributed by atoms with Crippen LogP contribution >= 0.6 is 11.7 Å². The zero-order valence-electron chi connectivity index (χ0n) is 18.0. The predicted octanol–water partition coefficient (Wildman–Crippen LogP) is 4.11. The Morgan fingerprint density at radius 1 is 0.771 bits per heavy atom. The average molecular weight is 488 g/mol. The summed E-state index contributed by atoms with van der Waals surface area (Å²) < 4.78 is 30.0. The smallest absolute Gasteiger partial charge is 0.336 e. The Hall–Kier alpha value is -4.44. The van der Waals surface area contributed by atoms with E-state index in [1.807, 2.05) is 0 Å². The van der Waals surface area contributed by atoms with Crippen LogP contribution in [0.2, 0.25) is 0 Å². The fourth-order valence-electron chi connectivity index (χ4n) is 4.11. The zero-order valence-corrected chi connectivity index (χ0v) is 18.8. The highest BCUT2D eigenvalue weighted by molar-refractivity contribution is 7.00. The van der Waals surface area contributed by atoms with E-state index >= 15 is 0 Å². The van der Waals surface area contributed by atoms with Gasteiger partial charge in [0.1, 0.15) is 11.0 Å². The normalized spacial score (nSPS) is 14.2. The van der Waals surface area contributed by atoms with E-state index in [9.17, 15) is 14.7 Å². The Morgan fingerprint density at radius 3 is 2.20 bits per heavy atom. The van der Waals surface area contributed by atoms with Gasteiger partial charge in [0.2, 0.25) is 13.6 Å². The van der Waals surface area contributed by atoms with E-state index in [4.69, 9.17) is 18.9 Å². The molecule has 3 aromatic carbocycles. The average Bonchev–Trinajstić information content (AvgIpc) is 3.62. The topological polar surface area (TPSA) is 117 Å². The maximum absolute atomic E-state index is 13.8. The molecule has 0 bridgehead atoms. The van der Waals surface area contributed by atoms with E-state index in [-0.39, 0.29) is 31.2 Å². The van der Waals surface area contributed by atoms with Gasteiger partial charge in [0.05, 0.1) is 17.3 Å². The number of carbonyl (C=O) groups excluding carboxylic acids is 1. The number of carboxylic acids is 1. The van der Waals surface area contributed by atoms with Gasteiger partial charge in [-0.1, -0.05) is 12.1 Å². The third-order valence-electron chi connectivity index (χ3n) is 5.78. The van der Waals surface area contributed by atoms with E-state index in [1.54, 1.807) is 54.6 Å². The number of hydrogen-bond acceptors (Lipinski definition) is 9. The van der Waals surface area contributed by atoms with Gasteiger partial charge in [-0.2, -0.15) is 8.75 Å². The lowest BCUT2D eigenvalue weighted by molar-refractivity contribution is -0.130. The Balaban J connectivity index is 1.50. The number of nitrogens with zero attached hydrogens (tertiary/aromatic N) is 2. The fourth-order valence-corrected chi connectivity index (χ4v) is 4.63. The van der Waals surface area contributed by atoms with Crippen LogP contribution in [0.3, 0.4) is 0 Å². The van der Waals surface area contributed by atoms with Crippen LogP contribution in [-0.4, -0.2) is 39.2 Å². The predicted molar refractivity (Wildman–Crippen MR) is 125 cm³/mol. The number of ketones is 1. The molecule has 0 fully saturated rings. The SMILES string of the molecule is O=C(O)/C(=C(\Cc1ccc2c(c1)OCO2)C(=O)c1ccc2c(c1)OCO2)c1ccc2nsnc2c1. The van der Waals surface area contributed by atoms with Crippen LogP contribution in [0.1, 0.15) is 21.5 Å². The molecule has 4 aromatic rings. The number of allylic oxidation sites excluding steroid dienone is 1. The van der Waals surface area contributed by atoms with Crippen molar-refractivity contribution in [3.05, 3.63) is 76.9 Å². The summed E-state index contributed by atoms with van der Waals surface area (Å²) in [6.45, 7) is 0.175. The molecule has 3 heterocycles. The first-order chi connectivity index (χ1) is 17.1. The van der Waals surface area contributed by atoms with Gasteiger partial charge >= 0.3 is 5.97 Å². The van der Waals surface area contributed by atoms with Gasteiger partial charge in [-0.05, 0) is 53.6 Å². The van der Waals surface area contributed by atoms with Crippen molar-refractivity contribution in [1.29, 1.82) is 0 Å². The maximum atomic E-state index is 13.8. The molecule has 0 saturated carbocycles. The minimum Gasteiger partial charge on any atom is -0.478 e. The summed E-state index contributed by atoms with van der Waals surface area (Å²) >= 11 is 1.04. The van der Waals surface area contributed by atoms with E-state index in [0.717, 1.165) is 11.7 Å². The molecule has 0 aliphatic carbocycles. The first-order valence-electron chi connectivity index (χ1n) is 10.6. The van der Waals surface area contributed by atoms with Gasteiger partial charge < -0.3 is 24.1 Å². The van der Waals surface area contributed by atoms with Gasteiger partial charge in [-0.25, -0.2) is 4.79 Å². The monoisotopic (exact) mass is 488 g/mol. The Labute approximate surface area is 202 Å². The molecular weight excluding hydrogens is 472 g/mol. The van der Waals surface area contributed by atoms with Gasteiger partial charge in [-0.3, -0.25) is 4.79 Å². The number of hydrogen-bond donors (Lipinski definition) is 1. The molecule has 2 aliphatic heterocycles. The Morgan fingerprint density at radius 2 is 1.43 bits per heavy atom. The summed E-state index contributed by atoms with van der Waals surface area (Å²) in [5.74, 6) is 0.450. The van der Waals surface area contributed by atoms with Crippen molar-refractivity contribution in [2.45, 2.75) is 6.42 Å². The second kappa shape index (κ2) is 8.41. The third kappa shape index (κ3) is 3.83. The van der Waals surface area contributed by atoms with Crippen LogP contribution in [0.15, 0.2) is 60.2 Å². The van der Waals surface area contributed by atoms with Crippen molar-refractivity contribution >= 4 is 40.1 Å². The standard InChI is InChI=1S/C25H16N2O7S/c28-24(15-3-6-20-22(10-15)34-12-32-20)16(7-13-1-5-19-21(8-13)33-11-31-19)23(25(29)30)14-2-4-17-18(9-14)27-35-26-17/h1-6,8-10H,7,11-12H2,(H,29,30)/b23-16+. The number of fused-ring (bicyclic) bond motifs is 3. The van der Waals surface area contributed by atoms with Crippen LogP contribution < -0.4 is 18.9 Å². The number of ether oxygens (including phenoxy) is 4. The lowest BCUT2D eigenvalue weighted by atomic mass is 9.89. The number of benzene rings is 3. The summed E-state index contributed by atoms with van der Waals surface area (Å²) in [4.78, 5) is 26.4. The van der Waals surface area contributed by atoms with Crippen molar-refractivity contribution in [1.82, 2.24) is 8.75 Å². The van der Waals surface area contributed by atoms with Crippen LogP contribution in [0.4, 0.5) is 0 Å². The van der Waals surface area contributed by atoms with E-state index in [2.05, 4.69) is 8.75 Å². The molecule has 1 N–H and O–H groups in total. The highest BCUT2D eigenvalue weighted by Crippen LogP contribution is 2.36. The molecule has 1 aromatic heterocycles. The number of rotatable bonds is 6. The van der Waals surface area contributed by atoms with Crippen molar-refractivity contribution in [2.24, 2.45) is 0 Å². The Kier molecular flexibility index (Phi) is 5.07. The largest absolute Gasteiger partial charge is 0.478 e.